The number of rotatable bonds is 5. The molecule has 0 aliphatic rings. The molecule has 1 radical (unpaired) electrons. The summed E-state index contributed by atoms with van der Waals surface area (Å²) >= 11 is 0. The second-order valence-electron chi connectivity index (χ2n) is 2.41. The van der Waals surface area contributed by atoms with Gasteiger partial charge in [-0.3, -0.25) is 4.79 Å². The Labute approximate surface area is 68.2 Å². The van der Waals surface area contributed by atoms with Crippen LogP contribution in [0.3, 0.4) is 0 Å². The minimum atomic E-state index is -0.309. The van der Waals surface area contributed by atoms with Crippen LogP contribution in [0.1, 0.15) is 39.5 Å². The van der Waals surface area contributed by atoms with Crippen LogP contribution in [0.15, 0.2) is 6.08 Å². The lowest BCUT2D eigenvalue weighted by Gasteiger charge is -1.91. The number of carbonyl (C=O) groups excluding carboxylic acids is 1. The first-order valence-corrected chi connectivity index (χ1v) is 4.02. The second kappa shape index (κ2) is 7.32. The topological polar surface area (TPSA) is 26.3 Å². The lowest BCUT2D eigenvalue weighted by atomic mass is 10.2. The summed E-state index contributed by atoms with van der Waals surface area (Å²) in [6.07, 6.45) is 8.75. The maximum Gasteiger partial charge on any atom is 0.308 e. The number of ether oxygens (including phenoxy) is 1. The van der Waals surface area contributed by atoms with E-state index in [0.717, 1.165) is 12.8 Å². The minimum Gasteiger partial charge on any atom is -0.423 e. The molecule has 0 aromatic rings. The van der Waals surface area contributed by atoms with E-state index < -0.39 is 0 Å². The molecule has 2 nitrogen and oxygen atoms in total. The van der Waals surface area contributed by atoms with Gasteiger partial charge in [-0.1, -0.05) is 19.8 Å². The van der Waals surface area contributed by atoms with E-state index in [2.05, 4.69) is 17.9 Å². The van der Waals surface area contributed by atoms with Gasteiger partial charge in [0.1, 0.15) is 0 Å². The molecule has 0 saturated heterocycles. The molecule has 0 unspecified atom stereocenters. The Hall–Kier alpha value is -0.790. The van der Waals surface area contributed by atoms with E-state index >= 15 is 0 Å². The maximum absolute atomic E-state index is 10.2. The molecule has 0 amide bonds. The van der Waals surface area contributed by atoms with E-state index in [1.54, 1.807) is 6.08 Å². The normalized spacial score (nSPS) is 10.4. The van der Waals surface area contributed by atoms with Crippen LogP contribution >= 0.6 is 0 Å². The van der Waals surface area contributed by atoms with Crippen LogP contribution in [-0.4, -0.2) is 5.97 Å². The van der Waals surface area contributed by atoms with Crippen LogP contribution < -0.4 is 0 Å². The summed E-state index contributed by atoms with van der Waals surface area (Å²) in [5, 5.41) is 0. The fraction of sp³-hybridized carbons (Fsp3) is 0.667. The molecule has 0 N–H and O–H groups in total. The zero-order chi connectivity index (χ0) is 8.53. The zero-order valence-corrected chi connectivity index (χ0v) is 7.22. The monoisotopic (exact) mass is 155 g/mol. The number of esters is 1. The zero-order valence-electron chi connectivity index (χ0n) is 7.22. The van der Waals surface area contributed by atoms with Gasteiger partial charge >= 0.3 is 5.97 Å². The van der Waals surface area contributed by atoms with Gasteiger partial charge in [0.25, 0.3) is 0 Å². The van der Waals surface area contributed by atoms with Gasteiger partial charge < -0.3 is 4.74 Å². The predicted molar refractivity (Wildman–Crippen MR) is 43.7 cm³/mol. The lowest BCUT2D eigenvalue weighted by molar-refractivity contribution is -0.136. The van der Waals surface area contributed by atoms with Crippen molar-refractivity contribution >= 4 is 5.97 Å². The van der Waals surface area contributed by atoms with Crippen molar-refractivity contribution in [1.82, 2.24) is 0 Å². The fourth-order valence-corrected chi connectivity index (χ4v) is 0.680. The molecule has 0 bridgehead atoms. The summed E-state index contributed by atoms with van der Waals surface area (Å²) in [5.74, 6) is -0.309. The predicted octanol–water partition coefficient (Wildman–Crippen LogP) is 2.45. The Balaban J connectivity index is 3.10. The summed E-state index contributed by atoms with van der Waals surface area (Å²) in [6.45, 7) is 3.52. The van der Waals surface area contributed by atoms with Crippen molar-refractivity contribution in [3.05, 3.63) is 12.3 Å². The van der Waals surface area contributed by atoms with Crippen LogP contribution in [0.2, 0.25) is 0 Å². The largest absolute Gasteiger partial charge is 0.423 e. The Morgan fingerprint density at radius 3 is 2.82 bits per heavy atom. The molecule has 0 fully saturated rings. The van der Waals surface area contributed by atoms with Gasteiger partial charge in [0.15, 0.2) is 6.26 Å². The quantitative estimate of drug-likeness (QED) is 0.346. The Morgan fingerprint density at radius 1 is 1.55 bits per heavy atom. The molecule has 0 aromatic heterocycles. The number of allylic oxidation sites excluding steroid dienone is 1. The van der Waals surface area contributed by atoms with Gasteiger partial charge in [-0.2, -0.15) is 0 Å². The fourth-order valence-electron chi connectivity index (χ4n) is 0.680. The van der Waals surface area contributed by atoms with E-state index in [9.17, 15) is 4.79 Å². The van der Waals surface area contributed by atoms with Crippen molar-refractivity contribution in [1.29, 1.82) is 0 Å². The van der Waals surface area contributed by atoms with Crippen molar-refractivity contribution < 1.29 is 9.53 Å². The Morgan fingerprint density at radius 2 is 2.27 bits per heavy atom. The van der Waals surface area contributed by atoms with E-state index in [0.29, 0.717) is 0 Å². The molecular weight excluding hydrogens is 140 g/mol. The van der Waals surface area contributed by atoms with Crippen LogP contribution in [0, 0.1) is 6.26 Å². The average molecular weight is 155 g/mol. The van der Waals surface area contributed by atoms with Crippen LogP contribution in [-0.2, 0) is 9.53 Å². The van der Waals surface area contributed by atoms with Crippen LogP contribution in [0.4, 0.5) is 0 Å². The molecule has 0 aliphatic heterocycles. The van der Waals surface area contributed by atoms with Crippen molar-refractivity contribution in [3.63, 3.8) is 0 Å². The van der Waals surface area contributed by atoms with Crippen molar-refractivity contribution in [2.24, 2.45) is 0 Å². The summed E-state index contributed by atoms with van der Waals surface area (Å²) < 4.78 is 4.48. The van der Waals surface area contributed by atoms with Crippen LogP contribution in [0.5, 0.6) is 0 Å². The third kappa shape index (κ3) is 9.21. The molecule has 0 heterocycles. The van der Waals surface area contributed by atoms with Crippen molar-refractivity contribution in [3.8, 4) is 0 Å². The SMILES string of the molecule is CCCCCC=[C]OC(C)=O. The standard InChI is InChI=1S/C9H15O2/c1-3-4-5-6-7-8-11-9(2)10/h7H,3-6H2,1-2H3. The third-order valence-corrected chi connectivity index (χ3v) is 1.24. The first kappa shape index (κ1) is 10.2. The first-order valence-electron chi connectivity index (χ1n) is 4.02. The number of hydrogen-bond donors (Lipinski definition) is 0. The molecule has 63 valence electrons. The highest BCUT2D eigenvalue weighted by Gasteiger charge is 1.86. The van der Waals surface area contributed by atoms with Crippen LogP contribution in [0.25, 0.3) is 0 Å². The van der Waals surface area contributed by atoms with E-state index in [1.807, 2.05) is 0 Å². The van der Waals surface area contributed by atoms with Gasteiger partial charge in [-0.15, -0.1) is 0 Å². The molecule has 0 atom stereocenters. The second-order valence-corrected chi connectivity index (χ2v) is 2.41. The van der Waals surface area contributed by atoms with Gasteiger partial charge in [0.05, 0.1) is 0 Å². The number of hydrogen-bond acceptors (Lipinski definition) is 2. The first-order chi connectivity index (χ1) is 5.27. The molecule has 0 aliphatic carbocycles. The Bertz CT molecular complexity index is 128. The van der Waals surface area contributed by atoms with Gasteiger partial charge in [0.2, 0.25) is 0 Å². The number of carbonyl (C=O) groups is 1. The maximum atomic E-state index is 10.2. The molecule has 11 heavy (non-hydrogen) atoms. The summed E-state index contributed by atoms with van der Waals surface area (Å²) in [6, 6.07) is 0. The van der Waals surface area contributed by atoms with Gasteiger partial charge in [-0.25, -0.2) is 0 Å². The lowest BCUT2D eigenvalue weighted by Crippen LogP contribution is -1.89. The third-order valence-electron chi connectivity index (χ3n) is 1.24. The highest BCUT2D eigenvalue weighted by molar-refractivity contribution is 5.66. The molecule has 2 heteroatoms. The van der Waals surface area contributed by atoms with Gasteiger partial charge in [-0.05, 0) is 18.9 Å². The molecule has 0 spiro atoms. The van der Waals surface area contributed by atoms with Gasteiger partial charge in [0, 0.05) is 6.92 Å². The molecule has 0 aromatic carbocycles. The summed E-state index contributed by atoms with van der Waals surface area (Å²) in [4.78, 5) is 10.2. The summed E-state index contributed by atoms with van der Waals surface area (Å²) in [5.41, 5.74) is 0. The molecule has 0 saturated carbocycles. The average Bonchev–Trinajstić information content (AvgIpc) is 1.96. The van der Waals surface area contributed by atoms with Crippen molar-refractivity contribution in [2.45, 2.75) is 39.5 Å². The highest BCUT2D eigenvalue weighted by atomic mass is 16.5. The summed E-state index contributed by atoms with van der Waals surface area (Å²) in [7, 11) is 0. The molecule has 0 rings (SSSR count). The van der Waals surface area contributed by atoms with Crippen molar-refractivity contribution in [2.75, 3.05) is 0 Å². The molecular formula is C9H15O2. The highest BCUT2D eigenvalue weighted by Crippen LogP contribution is 1.98. The van der Waals surface area contributed by atoms with E-state index in [-0.39, 0.29) is 5.97 Å². The number of unbranched alkanes of at least 4 members (excludes halogenated alkanes) is 3. The van der Waals surface area contributed by atoms with E-state index in [4.69, 9.17) is 0 Å². The minimum absolute atomic E-state index is 0.309. The smallest absolute Gasteiger partial charge is 0.308 e. The van der Waals surface area contributed by atoms with E-state index in [1.165, 1.54) is 19.8 Å². The Kier molecular flexibility index (Phi) is 6.79.